The van der Waals surface area contributed by atoms with E-state index in [4.69, 9.17) is 0 Å². The van der Waals surface area contributed by atoms with Crippen molar-refractivity contribution in [1.82, 2.24) is 4.98 Å². The summed E-state index contributed by atoms with van der Waals surface area (Å²) in [6.07, 6.45) is 5.42. The van der Waals surface area contributed by atoms with Gasteiger partial charge in [-0.15, -0.1) is 0 Å². The lowest BCUT2D eigenvalue weighted by atomic mass is 10.1. The lowest BCUT2D eigenvalue weighted by Crippen LogP contribution is -2.27. The second-order valence-electron chi connectivity index (χ2n) is 4.01. The first-order valence-corrected chi connectivity index (χ1v) is 4.80. The Morgan fingerprint density at radius 3 is 3.00 bits per heavy atom. The number of carbonyl (C=O) groups is 1. The first kappa shape index (κ1) is 7.79. The van der Waals surface area contributed by atoms with E-state index >= 15 is 0 Å². The van der Waals surface area contributed by atoms with Crippen LogP contribution in [0.3, 0.4) is 0 Å². The molecule has 14 heavy (non-hydrogen) atoms. The van der Waals surface area contributed by atoms with E-state index in [2.05, 4.69) is 15.6 Å². The fraction of sp³-hybridized carbons (Fsp3) is 0.400. The van der Waals surface area contributed by atoms with E-state index in [1.807, 2.05) is 6.07 Å². The molecule has 3 rings (SSSR count). The number of rotatable bonds is 0. The molecule has 1 aliphatic heterocycles. The summed E-state index contributed by atoms with van der Waals surface area (Å²) >= 11 is 0. The minimum atomic E-state index is -0.140. The van der Waals surface area contributed by atoms with Crippen molar-refractivity contribution in [1.29, 1.82) is 0 Å². The summed E-state index contributed by atoms with van der Waals surface area (Å²) in [7, 11) is 0. The summed E-state index contributed by atoms with van der Waals surface area (Å²) in [5.41, 5.74) is 1.62. The first-order chi connectivity index (χ1) is 6.80. The molecule has 1 aromatic rings. The largest absolute Gasteiger partial charge is 0.381 e. The molecule has 4 nitrogen and oxygen atoms in total. The molecule has 1 spiro atoms. The Morgan fingerprint density at radius 1 is 1.36 bits per heavy atom. The van der Waals surface area contributed by atoms with Gasteiger partial charge in [-0.1, -0.05) is 0 Å². The summed E-state index contributed by atoms with van der Waals surface area (Å²) < 4.78 is 0. The van der Waals surface area contributed by atoms with Crippen LogP contribution in [0.1, 0.15) is 12.8 Å². The van der Waals surface area contributed by atoms with Crippen molar-refractivity contribution in [3.8, 4) is 0 Å². The Morgan fingerprint density at radius 2 is 2.21 bits per heavy atom. The zero-order valence-corrected chi connectivity index (χ0v) is 7.71. The van der Waals surface area contributed by atoms with E-state index in [1.54, 1.807) is 12.4 Å². The minimum Gasteiger partial charge on any atom is -0.381 e. The highest BCUT2D eigenvalue weighted by atomic mass is 16.2. The number of aromatic nitrogens is 1. The molecule has 0 radical (unpaired) electrons. The molecule has 2 N–H and O–H groups in total. The number of nitrogens with zero attached hydrogens (tertiary/aromatic N) is 1. The Hall–Kier alpha value is -1.58. The molecule has 1 saturated carbocycles. The summed E-state index contributed by atoms with van der Waals surface area (Å²) in [5.74, 6) is 0.148. The second-order valence-corrected chi connectivity index (χ2v) is 4.01. The van der Waals surface area contributed by atoms with Crippen LogP contribution in [0.5, 0.6) is 0 Å². The molecule has 1 aliphatic carbocycles. The van der Waals surface area contributed by atoms with Gasteiger partial charge in [0.2, 0.25) is 5.91 Å². The van der Waals surface area contributed by atoms with Gasteiger partial charge in [0.05, 0.1) is 23.0 Å². The van der Waals surface area contributed by atoms with Crippen LogP contribution in [-0.4, -0.2) is 17.4 Å². The smallest absolute Gasteiger partial charge is 0.232 e. The van der Waals surface area contributed by atoms with Crippen LogP contribution < -0.4 is 10.6 Å². The van der Waals surface area contributed by atoms with Crippen LogP contribution in [0.2, 0.25) is 0 Å². The molecule has 0 atom stereocenters. The maximum absolute atomic E-state index is 11.8. The Kier molecular flexibility index (Phi) is 1.37. The number of pyridine rings is 1. The summed E-state index contributed by atoms with van der Waals surface area (Å²) in [4.78, 5) is 15.8. The maximum Gasteiger partial charge on any atom is 0.232 e. The highest BCUT2D eigenvalue weighted by molar-refractivity contribution is 6.01. The number of hydrogen-bond acceptors (Lipinski definition) is 3. The monoisotopic (exact) mass is 189 g/mol. The van der Waals surface area contributed by atoms with E-state index in [1.165, 1.54) is 0 Å². The van der Waals surface area contributed by atoms with Gasteiger partial charge in [0.15, 0.2) is 0 Å². The highest BCUT2D eigenvalue weighted by Crippen LogP contribution is 2.48. The fourth-order valence-electron chi connectivity index (χ4n) is 1.80. The number of nitrogens with one attached hydrogen (secondary N) is 2. The average Bonchev–Trinajstić information content (AvgIpc) is 2.98. The van der Waals surface area contributed by atoms with Gasteiger partial charge in [-0.2, -0.15) is 0 Å². The molecule has 0 bridgehead atoms. The number of anilines is 2. The third-order valence-electron chi connectivity index (χ3n) is 3.02. The zero-order valence-electron chi connectivity index (χ0n) is 7.71. The standard InChI is InChI=1S/C10H11N3O/c14-9-10(2-3-10)6-12-8-5-11-4-1-7(8)13-9/h1,4-5,12H,2-3,6H2,(H,13,14). The van der Waals surface area contributed by atoms with Gasteiger partial charge >= 0.3 is 0 Å². The predicted molar refractivity (Wildman–Crippen MR) is 53.0 cm³/mol. The molecular weight excluding hydrogens is 178 g/mol. The van der Waals surface area contributed by atoms with Gasteiger partial charge in [-0.25, -0.2) is 0 Å². The van der Waals surface area contributed by atoms with Crippen LogP contribution in [0.15, 0.2) is 18.5 Å². The third-order valence-corrected chi connectivity index (χ3v) is 3.02. The normalized spacial score (nSPS) is 21.9. The summed E-state index contributed by atoms with van der Waals surface area (Å²) in [5, 5.41) is 6.20. The van der Waals surface area contributed by atoms with Gasteiger partial charge < -0.3 is 10.6 Å². The fourth-order valence-corrected chi connectivity index (χ4v) is 1.80. The summed E-state index contributed by atoms with van der Waals surface area (Å²) in [6.45, 7) is 0.734. The molecule has 0 saturated heterocycles. The second kappa shape index (κ2) is 2.47. The topological polar surface area (TPSA) is 54.0 Å². The molecule has 0 unspecified atom stereocenters. The molecule has 4 heteroatoms. The molecular formula is C10H11N3O. The first-order valence-electron chi connectivity index (χ1n) is 4.80. The quantitative estimate of drug-likeness (QED) is 0.645. The van der Waals surface area contributed by atoms with Crippen LogP contribution in [0.25, 0.3) is 0 Å². The Bertz CT molecular complexity index is 398. The van der Waals surface area contributed by atoms with Gasteiger partial charge in [0, 0.05) is 12.7 Å². The van der Waals surface area contributed by atoms with Crippen LogP contribution in [0.4, 0.5) is 11.4 Å². The maximum atomic E-state index is 11.8. The van der Waals surface area contributed by atoms with Gasteiger partial charge in [0.25, 0.3) is 0 Å². The van der Waals surface area contributed by atoms with Gasteiger partial charge in [-0.3, -0.25) is 9.78 Å². The van der Waals surface area contributed by atoms with E-state index < -0.39 is 0 Å². The van der Waals surface area contributed by atoms with Crippen LogP contribution in [0, 0.1) is 5.41 Å². The lowest BCUT2D eigenvalue weighted by molar-refractivity contribution is -0.120. The molecule has 1 aromatic heterocycles. The number of carbonyl (C=O) groups excluding carboxylic acids is 1. The van der Waals surface area contributed by atoms with E-state index in [0.29, 0.717) is 0 Å². The van der Waals surface area contributed by atoms with Crippen molar-refractivity contribution < 1.29 is 4.79 Å². The molecule has 0 aromatic carbocycles. The van der Waals surface area contributed by atoms with Crippen molar-refractivity contribution in [3.63, 3.8) is 0 Å². The van der Waals surface area contributed by atoms with E-state index in [0.717, 1.165) is 30.8 Å². The van der Waals surface area contributed by atoms with Crippen molar-refractivity contribution in [3.05, 3.63) is 18.5 Å². The van der Waals surface area contributed by atoms with Crippen molar-refractivity contribution in [2.24, 2.45) is 5.41 Å². The number of hydrogen-bond donors (Lipinski definition) is 2. The number of fused-ring (bicyclic) bond motifs is 1. The molecule has 2 heterocycles. The van der Waals surface area contributed by atoms with Crippen molar-refractivity contribution >= 4 is 17.3 Å². The minimum absolute atomic E-state index is 0.140. The van der Waals surface area contributed by atoms with Gasteiger partial charge in [0.1, 0.15) is 0 Å². The van der Waals surface area contributed by atoms with Gasteiger partial charge in [-0.05, 0) is 18.9 Å². The third kappa shape index (κ3) is 0.999. The van der Waals surface area contributed by atoms with E-state index in [9.17, 15) is 4.79 Å². The predicted octanol–water partition coefficient (Wildman–Crippen LogP) is 1.23. The molecule has 1 fully saturated rings. The molecule has 72 valence electrons. The van der Waals surface area contributed by atoms with Crippen LogP contribution in [-0.2, 0) is 4.79 Å². The zero-order chi connectivity index (χ0) is 9.60. The summed E-state index contributed by atoms with van der Waals surface area (Å²) in [6, 6.07) is 1.82. The Balaban J connectivity index is 2.00. The highest BCUT2D eigenvalue weighted by Gasteiger charge is 2.50. The van der Waals surface area contributed by atoms with E-state index in [-0.39, 0.29) is 11.3 Å². The molecule has 1 amide bonds. The number of amides is 1. The Labute approximate surface area is 81.7 Å². The van der Waals surface area contributed by atoms with Crippen molar-refractivity contribution in [2.45, 2.75) is 12.8 Å². The van der Waals surface area contributed by atoms with Crippen LogP contribution >= 0.6 is 0 Å². The molecule has 2 aliphatic rings. The lowest BCUT2D eigenvalue weighted by Gasteiger charge is -2.08. The van der Waals surface area contributed by atoms with Crippen molar-refractivity contribution in [2.75, 3.05) is 17.2 Å². The average molecular weight is 189 g/mol. The SMILES string of the molecule is O=C1Nc2ccncc2NCC12CC2.